The van der Waals surface area contributed by atoms with Crippen LogP contribution in [0.5, 0.6) is 0 Å². The van der Waals surface area contributed by atoms with Crippen molar-refractivity contribution in [2.75, 3.05) is 18.0 Å². The van der Waals surface area contributed by atoms with Gasteiger partial charge in [-0.1, -0.05) is 46.3 Å². The molecule has 2 aromatic carbocycles. The Morgan fingerprint density at radius 2 is 2.00 bits per heavy atom. The van der Waals surface area contributed by atoms with Crippen LogP contribution in [0.1, 0.15) is 15.9 Å². The maximum absolute atomic E-state index is 12.3. The molecular formula is C16H14BrNO. The van der Waals surface area contributed by atoms with Crippen LogP contribution >= 0.6 is 15.9 Å². The fourth-order valence-corrected chi connectivity index (χ4v) is 2.90. The number of hydrogen-bond donors (Lipinski definition) is 0. The second-order valence-corrected chi connectivity index (χ2v) is 5.65. The first-order valence-corrected chi connectivity index (χ1v) is 7.15. The number of fused-ring (bicyclic) bond motifs is 1. The molecular weight excluding hydrogens is 302 g/mol. The van der Waals surface area contributed by atoms with Crippen LogP contribution in [0.4, 0.5) is 5.69 Å². The van der Waals surface area contributed by atoms with Crippen molar-refractivity contribution in [3.8, 4) is 0 Å². The monoisotopic (exact) mass is 315 g/mol. The smallest absolute Gasteiger partial charge is 0.182 e. The first kappa shape index (κ1) is 12.4. The van der Waals surface area contributed by atoms with E-state index in [9.17, 15) is 4.79 Å². The number of ketones is 1. The van der Waals surface area contributed by atoms with E-state index >= 15 is 0 Å². The summed E-state index contributed by atoms with van der Waals surface area (Å²) in [5, 5.41) is 0. The highest BCUT2D eigenvalue weighted by Gasteiger charge is 2.20. The summed E-state index contributed by atoms with van der Waals surface area (Å²) >= 11 is 3.40. The molecule has 1 aliphatic heterocycles. The summed E-state index contributed by atoms with van der Waals surface area (Å²) in [6, 6.07) is 15.9. The van der Waals surface area contributed by atoms with E-state index in [1.54, 1.807) is 0 Å². The van der Waals surface area contributed by atoms with Gasteiger partial charge in [-0.05, 0) is 30.2 Å². The molecule has 19 heavy (non-hydrogen) atoms. The second-order valence-electron chi connectivity index (χ2n) is 4.73. The Morgan fingerprint density at radius 1 is 1.16 bits per heavy atom. The number of benzene rings is 2. The lowest BCUT2D eigenvalue weighted by Crippen LogP contribution is -2.27. The van der Waals surface area contributed by atoms with Gasteiger partial charge in [-0.15, -0.1) is 0 Å². The molecule has 0 radical (unpaired) electrons. The molecule has 0 saturated carbocycles. The van der Waals surface area contributed by atoms with Crippen molar-refractivity contribution in [1.29, 1.82) is 0 Å². The molecule has 0 N–H and O–H groups in total. The fraction of sp³-hybridized carbons (Fsp3) is 0.188. The van der Waals surface area contributed by atoms with Gasteiger partial charge >= 0.3 is 0 Å². The molecule has 3 heteroatoms. The van der Waals surface area contributed by atoms with Crippen molar-refractivity contribution in [1.82, 2.24) is 0 Å². The standard InChI is InChI=1S/C16H14BrNO/c17-14-6-3-5-13(10-14)16(19)11-18-9-8-12-4-1-2-7-15(12)18/h1-7,10H,8-9,11H2. The highest BCUT2D eigenvalue weighted by atomic mass is 79.9. The Morgan fingerprint density at radius 3 is 2.84 bits per heavy atom. The van der Waals surface area contributed by atoms with E-state index in [-0.39, 0.29) is 5.78 Å². The third kappa shape index (κ3) is 2.56. The zero-order chi connectivity index (χ0) is 13.2. The van der Waals surface area contributed by atoms with Gasteiger partial charge in [0.1, 0.15) is 0 Å². The lowest BCUT2D eigenvalue weighted by Gasteiger charge is -2.18. The number of nitrogens with zero attached hydrogens (tertiary/aromatic N) is 1. The second kappa shape index (κ2) is 5.17. The number of halogens is 1. The van der Waals surface area contributed by atoms with Gasteiger partial charge in [-0.25, -0.2) is 0 Å². The van der Waals surface area contributed by atoms with Crippen molar-refractivity contribution in [3.63, 3.8) is 0 Å². The normalized spacial score (nSPS) is 13.4. The third-order valence-electron chi connectivity index (χ3n) is 3.46. The van der Waals surface area contributed by atoms with Gasteiger partial charge in [0.2, 0.25) is 0 Å². The number of hydrogen-bond acceptors (Lipinski definition) is 2. The van der Waals surface area contributed by atoms with Gasteiger partial charge in [0, 0.05) is 22.3 Å². The summed E-state index contributed by atoms with van der Waals surface area (Å²) < 4.78 is 0.945. The van der Waals surface area contributed by atoms with Crippen molar-refractivity contribution in [2.24, 2.45) is 0 Å². The minimum Gasteiger partial charge on any atom is -0.363 e. The van der Waals surface area contributed by atoms with Gasteiger partial charge < -0.3 is 4.90 Å². The number of rotatable bonds is 3. The number of anilines is 1. The SMILES string of the molecule is O=C(CN1CCc2ccccc21)c1cccc(Br)c1. The molecule has 96 valence electrons. The zero-order valence-corrected chi connectivity index (χ0v) is 12.1. The summed E-state index contributed by atoms with van der Waals surface area (Å²) in [4.78, 5) is 14.5. The Balaban J connectivity index is 1.78. The van der Waals surface area contributed by atoms with E-state index in [1.165, 1.54) is 11.3 Å². The predicted molar refractivity (Wildman–Crippen MR) is 80.8 cm³/mol. The van der Waals surface area contributed by atoms with E-state index in [0.717, 1.165) is 23.0 Å². The molecule has 1 heterocycles. The van der Waals surface area contributed by atoms with Crippen LogP contribution in [0.15, 0.2) is 53.0 Å². The molecule has 0 aliphatic carbocycles. The minimum atomic E-state index is 0.165. The van der Waals surface area contributed by atoms with Crippen LogP contribution in [0.2, 0.25) is 0 Å². The maximum atomic E-state index is 12.3. The molecule has 0 aromatic heterocycles. The fourth-order valence-electron chi connectivity index (χ4n) is 2.50. The quantitative estimate of drug-likeness (QED) is 0.805. The first-order valence-electron chi connectivity index (χ1n) is 6.35. The lowest BCUT2D eigenvalue weighted by atomic mass is 10.1. The Hall–Kier alpha value is -1.61. The maximum Gasteiger partial charge on any atom is 0.182 e. The van der Waals surface area contributed by atoms with Crippen LogP contribution in [0.25, 0.3) is 0 Å². The van der Waals surface area contributed by atoms with Gasteiger partial charge in [-0.2, -0.15) is 0 Å². The van der Waals surface area contributed by atoms with E-state index in [2.05, 4.69) is 39.0 Å². The largest absolute Gasteiger partial charge is 0.363 e. The third-order valence-corrected chi connectivity index (χ3v) is 3.96. The summed E-state index contributed by atoms with van der Waals surface area (Å²) in [5.41, 5.74) is 3.30. The average molecular weight is 316 g/mol. The van der Waals surface area contributed by atoms with Crippen LogP contribution in [0, 0.1) is 0 Å². The number of carbonyl (C=O) groups excluding carboxylic acids is 1. The van der Waals surface area contributed by atoms with Crippen molar-refractivity contribution in [2.45, 2.75) is 6.42 Å². The molecule has 0 spiro atoms. The molecule has 1 aliphatic rings. The molecule has 0 bridgehead atoms. The molecule has 3 rings (SSSR count). The lowest BCUT2D eigenvalue weighted by molar-refractivity contribution is 0.0999. The molecule has 2 nitrogen and oxygen atoms in total. The summed E-state index contributed by atoms with van der Waals surface area (Å²) in [7, 11) is 0. The molecule has 0 atom stereocenters. The molecule has 2 aromatic rings. The van der Waals surface area contributed by atoms with Crippen molar-refractivity contribution in [3.05, 3.63) is 64.1 Å². The zero-order valence-electron chi connectivity index (χ0n) is 10.5. The average Bonchev–Trinajstić information content (AvgIpc) is 2.82. The first-order chi connectivity index (χ1) is 9.24. The highest BCUT2D eigenvalue weighted by molar-refractivity contribution is 9.10. The molecule has 0 amide bonds. The molecule has 0 saturated heterocycles. The Labute approximate surface area is 121 Å². The predicted octanol–water partition coefficient (Wildman–Crippen LogP) is 3.69. The topological polar surface area (TPSA) is 20.3 Å². The van der Waals surface area contributed by atoms with Crippen molar-refractivity contribution < 1.29 is 4.79 Å². The number of carbonyl (C=O) groups is 1. The van der Waals surface area contributed by atoms with E-state index in [4.69, 9.17) is 0 Å². The van der Waals surface area contributed by atoms with Crippen LogP contribution < -0.4 is 4.90 Å². The highest BCUT2D eigenvalue weighted by Crippen LogP contribution is 2.27. The van der Waals surface area contributed by atoms with E-state index in [1.807, 2.05) is 30.3 Å². The minimum absolute atomic E-state index is 0.165. The van der Waals surface area contributed by atoms with Gasteiger partial charge in [0.15, 0.2) is 5.78 Å². The summed E-state index contributed by atoms with van der Waals surface area (Å²) in [6.45, 7) is 1.38. The van der Waals surface area contributed by atoms with Crippen molar-refractivity contribution >= 4 is 27.4 Å². The van der Waals surface area contributed by atoms with Crippen LogP contribution in [-0.4, -0.2) is 18.9 Å². The molecule has 0 unspecified atom stereocenters. The van der Waals surface area contributed by atoms with Crippen LogP contribution in [-0.2, 0) is 6.42 Å². The Kier molecular flexibility index (Phi) is 3.38. The van der Waals surface area contributed by atoms with Gasteiger partial charge in [0.05, 0.1) is 6.54 Å². The molecule has 0 fully saturated rings. The summed E-state index contributed by atoms with van der Waals surface area (Å²) in [5.74, 6) is 0.165. The Bertz CT molecular complexity index is 624. The van der Waals surface area contributed by atoms with Gasteiger partial charge in [0.25, 0.3) is 0 Å². The van der Waals surface area contributed by atoms with E-state index < -0.39 is 0 Å². The summed E-state index contributed by atoms with van der Waals surface area (Å²) in [6.07, 6.45) is 1.03. The number of para-hydroxylation sites is 1. The van der Waals surface area contributed by atoms with Crippen LogP contribution in [0.3, 0.4) is 0 Å². The number of Topliss-reactive ketones (excluding diaryl/α,β-unsaturated/α-hetero) is 1. The van der Waals surface area contributed by atoms with E-state index in [0.29, 0.717) is 6.54 Å². The van der Waals surface area contributed by atoms with Gasteiger partial charge in [-0.3, -0.25) is 4.79 Å².